The predicted molar refractivity (Wildman–Crippen MR) is 512 cm³/mol. The summed E-state index contributed by atoms with van der Waals surface area (Å²) in [6.07, 6.45) is 21.0. The summed E-state index contributed by atoms with van der Waals surface area (Å²) in [4.78, 5) is 45.8. The number of nitrogens with zero attached hydrogens (tertiary/aromatic N) is 23. The second-order valence-electron chi connectivity index (χ2n) is 42.9. The number of imidazole rings is 4. The highest BCUT2D eigenvalue weighted by molar-refractivity contribution is 5.79. The minimum Gasteiger partial charge on any atom is -0.358 e. The molecule has 0 bridgehead atoms. The lowest BCUT2D eigenvalue weighted by molar-refractivity contribution is 0.461. The molecule has 0 aliphatic carbocycles. The van der Waals surface area contributed by atoms with Gasteiger partial charge in [-0.15, -0.1) is 10.2 Å². The number of rotatable bonds is 2. The van der Waals surface area contributed by atoms with Crippen molar-refractivity contribution in [2.24, 2.45) is 0 Å². The molecule has 20 rings (SSSR count). The maximum absolute atomic E-state index is 4.62. The highest BCUT2D eigenvalue weighted by Crippen LogP contribution is 2.31. The topological polar surface area (TPSA) is 348 Å². The van der Waals surface area contributed by atoms with E-state index in [1.807, 2.05) is 56.9 Å². The lowest BCUT2D eigenvalue weighted by Gasteiger charge is -2.22. The molecule has 0 unspecified atom stereocenters. The molecule has 7 aliphatic heterocycles. The molecule has 0 radical (unpaired) electrons. The van der Waals surface area contributed by atoms with E-state index in [1.165, 1.54) is 62.3 Å². The third-order valence-electron chi connectivity index (χ3n) is 22.6. The van der Waals surface area contributed by atoms with E-state index in [2.05, 4.69) is 364 Å². The van der Waals surface area contributed by atoms with Gasteiger partial charge in [-0.3, -0.25) is 24.3 Å². The third kappa shape index (κ3) is 26.8. The van der Waals surface area contributed by atoms with Crippen molar-refractivity contribution in [1.29, 1.82) is 0 Å². The van der Waals surface area contributed by atoms with Crippen LogP contribution in [0.25, 0.3) is 27.6 Å². The zero-order chi connectivity index (χ0) is 92.9. The van der Waals surface area contributed by atoms with Gasteiger partial charge in [0, 0.05) is 194 Å². The van der Waals surface area contributed by atoms with Gasteiger partial charge in [-0.2, -0.15) is 20.4 Å². The number of aromatic nitrogens is 25. The van der Waals surface area contributed by atoms with E-state index < -0.39 is 0 Å². The molecule has 0 spiro atoms. The second kappa shape index (κ2) is 41.8. The summed E-state index contributed by atoms with van der Waals surface area (Å²) in [5.41, 5.74) is 15.3. The SMILES string of the molecule is CC(C)(C)c1cc2cnccc2[nH]1.CC(C)(C)c1cc2n(n1)CCNC2.CC(C)(C)c1cn2c(n1)CNCC2.CC(C)(C)c1cn2ccncc2n1.CC(C)(C)c1cnn2c1CNCC2.CC(C)(C)c1nc2ccncc2[nH]1.CC(C)(C)c1nc2n(n1)CCNC2.CC(C)(C)c1nc2n(n1)CCNC2.CC(C)c1cnc2n1CCNC2.CC(C)c1nnc2n1CCNC2. The standard InChI is InChI=1S/C11H14N2.C10H17N3.C10H13N3.2C10H17N3.C10H13N3.2C9H16N4.C9H15N3.C8H14N4/c1-11(2,3)10-6-8-7-12-5-4-9(8)13-10;2*1-10(2,3)8-7-13-5-4-11-6-9(13)12-8;1-10(2,3)8-6-12-13-5-4-11-7-9(8)13;1-10(2,3)9-6-8-7-11-4-5-13(8)12-9;1-10(2,3)9-12-7-4-5-11-6-8(7)13-9;2*1-9(2,3)8-11-7-6-10-4-5-13(7)12-8;1-7(2)8-5-11-9-6-10-3-4-12(8)9;1-6(2)8-11-10-7-5-9-3-4-12(7)8/h4-7,13H,1-3H3;7,11H,4-6H2,1-3H3;4-7H,1-3H3;2*6,11H,4-5,7H2,1-3H3;4-6H,1-3H3,(H,12,13);2*10H,4-6H2,1-3H3;5,7,10H,3-4,6H2,1-2H3;6,9H,3-5H2,1-2H3. The zero-order valence-electron chi connectivity index (χ0n) is 82.5. The molecule has 0 saturated carbocycles. The molecule has 13 aromatic heterocycles. The number of hydrogen-bond acceptors (Lipinski definition) is 22. The molecule has 7 aliphatic rings. The molecule has 32 heteroatoms. The van der Waals surface area contributed by atoms with Crippen LogP contribution < -0.4 is 37.2 Å². The third-order valence-corrected chi connectivity index (χ3v) is 22.6. The van der Waals surface area contributed by atoms with Gasteiger partial charge in [0.2, 0.25) is 0 Å². The maximum atomic E-state index is 4.62. The smallest absolute Gasteiger partial charge is 0.156 e. The normalized spacial score (nSPS) is 15.5. The van der Waals surface area contributed by atoms with Crippen LogP contribution in [0.2, 0.25) is 0 Å². The number of pyridine rings is 2. The number of H-pyrrole nitrogens is 2. The summed E-state index contributed by atoms with van der Waals surface area (Å²) in [5, 5.41) is 50.7. The first-order chi connectivity index (χ1) is 60.2. The van der Waals surface area contributed by atoms with E-state index >= 15 is 0 Å². The van der Waals surface area contributed by atoms with Crippen LogP contribution >= 0.6 is 0 Å². The Labute approximate surface area is 759 Å². The van der Waals surface area contributed by atoms with Crippen LogP contribution in [-0.2, 0) is 135 Å². The molecule has 128 heavy (non-hydrogen) atoms. The Hall–Kier alpha value is -10.1. The quantitative estimate of drug-likeness (QED) is 0.0776. The maximum Gasteiger partial charge on any atom is 0.156 e. The van der Waals surface area contributed by atoms with Gasteiger partial charge in [-0.25, -0.2) is 39.3 Å². The minimum absolute atomic E-state index is 0.0599. The fourth-order valence-corrected chi connectivity index (χ4v) is 14.7. The molecule has 0 saturated heterocycles. The summed E-state index contributed by atoms with van der Waals surface area (Å²) >= 11 is 0. The van der Waals surface area contributed by atoms with Crippen molar-refractivity contribution < 1.29 is 0 Å². The first-order valence-corrected chi connectivity index (χ1v) is 46.2. The summed E-state index contributed by atoms with van der Waals surface area (Å²) in [6, 6.07) is 8.31. The molecule has 9 N–H and O–H groups in total. The molecule has 32 nitrogen and oxygen atoms in total. The lowest BCUT2D eigenvalue weighted by atomic mass is 9.87. The van der Waals surface area contributed by atoms with Gasteiger partial charge in [0.25, 0.3) is 0 Å². The van der Waals surface area contributed by atoms with Crippen molar-refractivity contribution in [1.82, 2.24) is 159 Å². The Kier molecular flexibility index (Phi) is 32.1. The van der Waals surface area contributed by atoms with Crippen LogP contribution in [0.3, 0.4) is 0 Å². The average molecular weight is 1750 g/mol. The van der Waals surface area contributed by atoms with Crippen LogP contribution in [0.5, 0.6) is 0 Å². The molecule has 0 atom stereocenters. The highest BCUT2D eigenvalue weighted by Gasteiger charge is 2.29. The number of nitrogens with one attached hydrogen (secondary N) is 9. The molecule has 696 valence electrons. The van der Waals surface area contributed by atoms with Crippen molar-refractivity contribution in [3.8, 4) is 0 Å². The first kappa shape index (κ1) is 98.5. The number of hydrogen-bond donors (Lipinski definition) is 9. The number of aromatic amines is 2. The summed E-state index contributed by atoms with van der Waals surface area (Å²) in [6.45, 7) is 81.6. The zero-order valence-corrected chi connectivity index (χ0v) is 82.5. The fraction of sp³-hybridized carbons (Fsp3) is 0.615. The van der Waals surface area contributed by atoms with E-state index in [1.54, 1.807) is 24.8 Å². The summed E-state index contributed by atoms with van der Waals surface area (Å²) < 4.78 is 17.1. The molecule has 0 amide bonds. The number of fused-ring (bicyclic) bond motifs is 10. The minimum atomic E-state index is 0.0599. The Balaban J connectivity index is 0.000000138. The van der Waals surface area contributed by atoms with E-state index in [0.29, 0.717) is 11.8 Å². The molecule has 0 aromatic carbocycles. The Morgan fingerprint density at radius 1 is 0.375 bits per heavy atom. The molecule has 13 aromatic rings. The monoisotopic (exact) mass is 1750 g/mol. The van der Waals surface area contributed by atoms with Crippen molar-refractivity contribution in [2.75, 3.05) is 45.8 Å². The second-order valence-corrected chi connectivity index (χ2v) is 42.9. The van der Waals surface area contributed by atoms with Gasteiger partial charge in [0.1, 0.15) is 40.8 Å². The molecule has 20 heterocycles. The van der Waals surface area contributed by atoms with Crippen LogP contribution in [0.4, 0.5) is 0 Å². The van der Waals surface area contributed by atoms with Crippen LogP contribution in [0, 0.1) is 0 Å². The van der Waals surface area contributed by atoms with E-state index in [-0.39, 0.29) is 43.3 Å². The van der Waals surface area contributed by atoms with E-state index in [4.69, 9.17) is 0 Å². The predicted octanol–water partition coefficient (Wildman–Crippen LogP) is 14.0. The lowest BCUT2D eigenvalue weighted by Crippen LogP contribution is -2.30. The highest BCUT2D eigenvalue weighted by atomic mass is 15.4. The summed E-state index contributed by atoms with van der Waals surface area (Å²) in [5.74, 6) is 10.7. The van der Waals surface area contributed by atoms with Crippen LogP contribution in [0.1, 0.15) is 304 Å². The van der Waals surface area contributed by atoms with Crippen molar-refractivity contribution in [3.05, 3.63) is 190 Å². The van der Waals surface area contributed by atoms with Gasteiger partial charge < -0.3 is 65.3 Å². The van der Waals surface area contributed by atoms with Gasteiger partial charge in [0.05, 0.1) is 117 Å². The van der Waals surface area contributed by atoms with Crippen LogP contribution in [-0.4, -0.2) is 168 Å². The van der Waals surface area contributed by atoms with E-state index in [9.17, 15) is 0 Å². The summed E-state index contributed by atoms with van der Waals surface area (Å²) in [7, 11) is 0. The average Bonchev–Trinajstić information content (AvgIpc) is 1.66. The van der Waals surface area contributed by atoms with Gasteiger partial charge in [-0.05, 0) is 41.2 Å². The Morgan fingerprint density at radius 3 is 1.45 bits per heavy atom. The molecular formula is C96H152N32. The molecular weight excluding hydrogens is 1600 g/mol. The fourth-order valence-electron chi connectivity index (χ4n) is 14.7. The largest absolute Gasteiger partial charge is 0.358 e. The van der Waals surface area contributed by atoms with Gasteiger partial charge in [-0.1, -0.05) is 194 Å². The Bertz CT molecular complexity index is 4920. The van der Waals surface area contributed by atoms with Crippen molar-refractivity contribution in [3.63, 3.8) is 0 Å². The van der Waals surface area contributed by atoms with Crippen LogP contribution in [0.15, 0.2) is 92.4 Å². The van der Waals surface area contributed by atoms with E-state index in [0.717, 1.165) is 201 Å². The van der Waals surface area contributed by atoms with Gasteiger partial charge >= 0.3 is 0 Å². The molecule has 0 fully saturated rings. The Morgan fingerprint density at radius 2 is 0.906 bits per heavy atom. The van der Waals surface area contributed by atoms with Crippen molar-refractivity contribution >= 4 is 27.6 Å². The first-order valence-electron chi connectivity index (χ1n) is 46.2. The van der Waals surface area contributed by atoms with Crippen molar-refractivity contribution in [2.45, 2.75) is 341 Å². The van der Waals surface area contributed by atoms with Gasteiger partial charge in [0.15, 0.2) is 17.3 Å².